The molecule has 1 N–H and O–H groups in total. The van der Waals surface area contributed by atoms with Gasteiger partial charge in [0.25, 0.3) is 5.91 Å². The molecule has 0 radical (unpaired) electrons. The molecule has 1 saturated carbocycles. The van der Waals surface area contributed by atoms with Crippen molar-refractivity contribution in [3.63, 3.8) is 0 Å². The van der Waals surface area contributed by atoms with Crippen molar-refractivity contribution in [3.05, 3.63) is 60.2 Å². The molecule has 2 aromatic heterocycles. The highest BCUT2D eigenvalue weighted by Crippen LogP contribution is 2.26. The van der Waals surface area contributed by atoms with Gasteiger partial charge in [-0.1, -0.05) is 18.9 Å². The quantitative estimate of drug-likeness (QED) is 0.796. The maximum atomic E-state index is 13.3. The van der Waals surface area contributed by atoms with Crippen LogP contribution in [0.2, 0.25) is 0 Å². The second-order valence-electron chi connectivity index (χ2n) is 6.20. The molecule has 5 heteroatoms. The Morgan fingerprint density at radius 3 is 2.62 bits per heavy atom. The van der Waals surface area contributed by atoms with Gasteiger partial charge in [-0.2, -0.15) is 0 Å². The molecule has 2 heterocycles. The summed E-state index contributed by atoms with van der Waals surface area (Å²) < 4.78 is 15.1. The van der Waals surface area contributed by atoms with Crippen molar-refractivity contribution in [1.29, 1.82) is 0 Å². The zero-order valence-corrected chi connectivity index (χ0v) is 13.2. The van der Waals surface area contributed by atoms with E-state index in [1.165, 1.54) is 12.1 Å². The van der Waals surface area contributed by atoms with Gasteiger partial charge in [0.05, 0.1) is 5.69 Å². The number of fused-ring (bicyclic) bond motifs is 1. The fourth-order valence-electron chi connectivity index (χ4n) is 3.36. The van der Waals surface area contributed by atoms with Crippen molar-refractivity contribution < 1.29 is 9.18 Å². The molecular weight excluding hydrogens is 305 g/mol. The zero-order valence-electron chi connectivity index (χ0n) is 13.2. The Balaban J connectivity index is 1.80. The third-order valence-corrected chi connectivity index (χ3v) is 4.55. The molecule has 0 bridgehead atoms. The van der Waals surface area contributed by atoms with Crippen LogP contribution in [-0.2, 0) is 0 Å². The highest BCUT2D eigenvalue weighted by atomic mass is 19.1. The lowest BCUT2D eigenvalue weighted by atomic mass is 10.1. The fourth-order valence-corrected chi connectivity index (χ4v) is 3.36. The number of hydrogen-bond acceptors (Lipinski definition) is 2. The minimum atomic E-state index is -0.301. The maximum Gasteiger partial charge on any atom is 0.272 e. The van der Waals surface area contributed by atoms with E-state index in [4.69, 9.17) is 0 Å². The van der Waals surface area contributed by atoms with Gasteiger partial charge in [-0.15, -0.1) is 0 Å². The Kier molecular flexibility index (Phi) is 3.76. The fraction of sp³-hybridized carbons (Fsp3) is 0.263. The molecule has 4 nitrogen and oxygen atoms in total. The molecule has 122 valence electrons. The van der Waals surface area contributed by atoms with E-state index in [0.29, 0.717) is 17.0 Å². The number of aromatic nitrogens is 2. The largest absolute Gasteiger partial charge is 0.348 e. The average Bonchev–Trinajstić information content (AvgIpc) is 3.23. The van der Waals surface area contributed by atoms with Crippen LogP contribution in [0.15, 0.2) is 48.7 Å². The Bertz CT molecular complexity index is 879. The van der Waals surface area contributed by atoms with Crippen LogP contribution in [-0.4, -0.2) is 21.3 Å². The molecule has 0 aliphatic heterocycles. The lowest BCUT2D eigenvalue weighted by molar-refractivity contribution is 0.0934. The summed E-state index contributed by atoms with van der Waals surface area (Å²) in [4.78, 5) is 17.3. The molecule has 0 atom stereocenters. The van der Waals surface area contributed by atoms with E-state index >= 15 is 0 Å². The molecule has 24 heavy (non-hydrogen) atoms. The minimum absolute atomic E-state index is 0.162. The van der Waals surface area contributed by atoms with Crippen LogP contribution >= 0.6 is 0 Å². The van der Waals surface area contributed by atoms with Crippen LogP contribution in [0, 0.1) is 5.82 Å². The van der Waals surface area contributed by atoms with Gasteiger partial charge in [-0.05, 0) is 49.2 Å². The normalized spacial score (nSPS) is 15.0. The van der Waals surface area contributed by atoms with Crippen molar-refractivity contribution in [1.82, 2.24) is 14.7 Å². The van der Waals surface area contributed by atoms with Crippen molar-refractivity contribution in [2.45, 2.75) is 31.7 Å². The van der Waals surface area contributed by atoms with Gasteiger partial charge < -0.3 is 5.32 Å². The van der Waals surface area contributed by atoms with Crippen molar-refractivity contribution >= 4 is 11.6 Å². The molecule has 1 aliphatic rings. The Hall–Kier alpha value is -2.69. The van der Waals surface area contributed by atoms with Gasteiger partial charge in [0.2, 0.25) is 0 Å². The number of rotatable bonds is 3. The van der Waals surface area contributed by atoms with Gasteiger partial charge in [-0.25, -0.2) is 9.37 Å². The van der Waals surface area contributed by atoms with Gasteiger partial charge in [0.1, 0.15) is 11.5 Å². The first-order chi connectivity index (χ1) is 11.7. The number of halogens is 1. The molecule has 0 saturated heterocycles. The summed E-state index contributed by atoms with van der Waals surface area (Å²) in [6.45, 7) is 0. The predicted molar refractivity (Wildman–Crippen MR) is 90.3 cm³/mol. The van der Waals surface area contributed by atoms with Crippen LogP contribution in [0.4, 0.5) is 4.39 Å². The third-order valence-electron chi connectivity index (χ3n) is 4.55. The van der Waals surface area contributed by atoms with E-state index in [0.717, 1.165) is 31.2 Å². The zero-order chi connectivity index (χ0) is 16.5. The van der Waals surface area contributed by atoms with E-state index < -0.39 is 0 Å². The number of benzene rings is 1. The molecule has 1 amide bonds. The van der Waals surface area contributed by atoms with Crippen LogP contribution in [0.25, 0.3) is 16.9 Å². The van der Waals surface area contributed by atoms with E-state index in [2.05, 4.69) is 10.3 Å². The minimum Gasteiger partial charge on any atom is -0.348 e. The van der Waals surface area contributed by atoms with E-state index in [1.807, 2.05) is 28.8 Å². The van der Waals surface area contributed by atoms with Gasteiger partial charge in [-0.3, -0.25) is 9.20 Å². The van der Waals surface area contributed by atoms with E-state index in [1.54, 1.807) is 12.1 Å². The summed E-state index contributed by atoms with van der Waals surface area (Å²) in [7, 11) is 0. The van der Waals surface area contributed by atoms with Crippen molar-refractivity contribution in [2.75, 3.05) is 0 Å². The number of hydrogen-bond donors (Lipinski definition) is 1. The number of nitrogens with one attached hydrogen (secondary N) is 1. The molecule has 0 spiro atoms. The lowest BCUT2D eigenvalue weighted by Gasteiger charge is -2.12. The monoisotopic (exact) mass is 323 g/mol. The second-order valence-corrected chi connectivity index (χ2v) is 6.20. The highest BCUT2D eigenvalue weighted by Gasteiger charge is 2.24. The summed E-state index contributed by atoms with van der Waals surface area (Å²) in [5, 5.41) is 3.09. The molecule has 4 rings (SSSR count). The van der Waals surface area contributed by atoms with E-state index in [-0.39, 0.29) is 17.8 Å². The highest BCUT2D eigenvalue weighted by molar-refractivity contribution is 5.99. The third kappa shape index (κ3) is 2.66. The van der Waals surface area contributed by atoms with E-state index in [9.17, 15) is 9.18 Å². The first-order valence-electron chi connectivity index (χ1n) is 8.26. The SMILES string of the molecule is O=C(NC1CCCC1)c1nc2ccccn2c1-c1ccc(F)cc1. The maximum absolute atomic E-state index is 13.3. The van der Waals surface area contributed by atoms with Gasteiger partial charge >= 0.3 is 0 Å². The molecule has 1 aliphatic carbocycles. The molecule has 3 aromatic rings. The number of pyridine rings is 1. The van der Waals surface area contributed by atoms with Gasteiger partial charge in [0.15, 0.2) is 5.69 Å². The summed E-state index contributed by atoms with van der Waals surface area (Å²) in [6.07, 6.45) is 6.21. The number of nitrogens with zero attached hydrogens (tertiary/aromatic N) is 2. The second kappa shape index (κ2) is 6.07. The topological polar surface area (TPSA) is 46.4 Å². The Morgan fingerprint density at radius 1 is 1.12 bits per heavy atom. The van der Waals surface area contributed by atoms with Crippen LogP contribution < -0.4 is 5.32 Å². The molecule has 1 fully saturated rings. The Morgan fingerprint density at radius 2 is 1.88 bits per heavy atom. The summed E-state index contributed by atoms with van der Waals surface area (Å²) >= 11 is 0. The molecule has 0 unspecified atom stereocenters. The smallest absolute Gasteiger partial charge is 0.272 e. The summed E-state index contributed by atoms with van der Waals surface area (Å²) in [5.41, 5.74) is 2.56. The predicted octanol–water partition coefficient (Wildman–Crippen LogP) is 3.81. The average molecular weight is 323 g/mol. The van der Waals surface area contributed by atoms with Crippen molar-refractivity contribution in [2.24, 2.45) is 0 Å². The summed E-state index contributed by atoms with van der Waals surface area (Å²) in [6, 6.07) is 12.0. The first-order valence-corrected chi connectivity index (χ1v) is 8.26. The first kappa shape index (κ1) is 14.9. The number of carbonyl (C=O) groups is 1. The van der Waals surface area contributed by atoms with Crippen molar-refractivity contribution in [3.8, 4) is 11.3 Å². The lowest BCUT2D eigenvalue weighted by Crippen LogP contribution is -2.33. The standard InChI is InChI=1S/C19H18FN3O/c20-14-10-8-13(9-11-14)18-17(19(24)21-15-5-1-2-6-15)22-16-7-3-4-12-23(16)18/h3-4,7-12,15H,1-2,5-6H2,(H,21,24). The van der Waals surface area contributed by atoms with Crippen LogP contribution in [0.1, 0.15) is 36.2 Å². The number of amides is 1. The number of carbonyl (C=O) groups excluding carboxylic acids is 1. The summed E-state index contributed by atoms with van der Waals surface area (Å²) in [5.74, 6) is -0.463. The number of imidazole rings is 1. The van der Waals surface area contributed by atoms with Gasteiger partial charge in [0, 0.05) is 17.8 Å². The van der Waals surface area contributed by atoms with Crippen LogP contribution in [0.5, 0.6) is 0 Å². The van der Waals surface area contributed by atoms with Crippen LogP contribution in [0.3, 0.4) is 0 Å². The molecule has 1 aromatic carbocycles. The Labute approximate surface area is 139 Å². The molecular formula is C19H18FN3O.